The molecule has 1 fully saturated rings. The molecule has 1 aromatic rings. The molecule has 1 heteroatoms. The number of Topliss-reactive ketones (excluding diaryl/α,β-unsaturated/α-hetero) is 1. The Labute approximate surface area is 123 Å². The third-order valence-electron chi connectivity index (χ3n) is 4.67. The number of carbonyl (C=O) groups excluding carboxylic acids is 1. The second-order valence-corrected chi connectivity index (χ2v) is 6.26. The van der Waals surface area contributed by atoms with E-state index in [1.165, 1.54) is 36.8 Å². The van der Waals surface area contributed by atoms with Crippen LogP contribution in [-0.2, 0) is 11.2 Å². The van der Waals surface area contributed by atoms with Crippen molar-refractivity contribution in [3.05, 3.63) is 35.4 Å². The normalized spacial score (nSPS) is 22.7. The van der Waals surface area contributed by atoms with Crippen molar-refractivity contribution in [1.82, 2.24) is 0 Å². The number of carbonyl (C=O) groups is 1. The molecule has 0 amide bonds. The number of hydrogen-bond donors (Lipinski definition) is 0. The van der Waals surface area contributed by atoms with Gasteiger partial charge >= 0.3 is 0 Å². The van der Waals surface area contributed by atoms with Gasteiger partial charge in [0.05, 0.1) is 0 Å². The standard InChI is InChI=1S/C19H28O/c1-3-5-15-7-9-16(10-8-15)17-11-13-18(14-12-17)19(20)6-4-2/h7-10,17-18H,3-6,11-14H2,1-2H3. The molecule has 0 heterocycles. The Kier molecular flexibility index (Phi) is 5.82. The van der Waals surface area contributed by atoms with Crippen molar-refractivity contribution in [2.45, 2.75) is 71.1 Å². The molecule has 1 aromatic carbocycles. The molecule has 0 bridgehead atoms. The quantitative estimate of drug-likeness (QED) is 0.688. The maximum atomic E-state index is 12.0. The number of aryl methyl sites for hydroxylation is 1. The van der Waals surface area contributed by atoms with Crippen molar-refractivity contribution in [1.29, 1.82) is 0 Å². The lowest BCUT2D eigenvalue weighted by Gasteiger charge is -2.28. The van der Waals surface area contributed by atoms with Gasteiger partial charge in [-0.2, -0.15) is 0 Å². The van der Waals surface area contributed by atoms with Gasteiger partial charge in [-0.3, -0.25) is 4.79 Å². The van der Waals surface area contributed by atoms with Crippen LogP contribution >= 0.6 is 0 Å². The number of rotatable bonds is 6. The van der Waals surface area contributed by atoms with Crippen LogP contribution < -0.4 is 0 Å². The molecule has 1 aliphatic carbocycles. The average molecular weight is 272 g/mol. The fourth-order valence-electron chi connectivity index (χ4n) is 3.44. The van der Waals surface area contributed by atoms with Gasteiger partial charge in [-0.1, -0.05) is 44.5 Å². The van der Waals surface area contributed by atoms with E-state index in [0.717, 1.165) is 25.7 Å². The fourth-order valence-corrected chi connectivity index (χ4v) is 3.44. The highest BCUT2D eigenvalue weighted by molar-refractivity contribution is 5.81. The summed E-state index contributed by atoms with van der Waals surface area (Å²) < 4.78 is 0. The average Bonchev–Trinajstić information content (AvgIpc) is 2.49. The lowest BCUT2D eigenvalue weighted by Crippen LogP contribution is -2.20. The fraction of sp³-hybridized carbons (Fsp3) is 0.632. The molecule has 0 saturated heterocycles. The summed E-state index contributed by atoms with van der Waals surface area (Å²) in [4.78, 5) is 12.0. The van der Waals surface area contributed by atoms with E-state index in [2.05, 4.69) is 38.1 Å². The number of hydrogen-bond acceptors (Lipinski definition) is 1. The van der Waals surface area contributed by atoms with Gasteiger partial charge in [0.1, 0.15) is 5.78 Å². The largest absolute Gasteiger partial charge is 0.299 e. The van der Waals surface area contributed by atoms with Crippen molar-refractivity contribution < 1.29 is 4.79 Å². The first-order chi connectivity index (χ1) is 9.74. The molecule has 0 aliphatic heterocycles. The van der Waals surface area contributed by atoms with Gasteiger partial charge < -0.3 is 0 Å². The summed E-state index contributed by atoms with van der Waals surface area (Å²) >= 11 is 0. The van der Waals surface area contributed by atoms with Crippen molar-refractivity contribution in [2.75, 3.05) is 0 Å². The van der Waals surface area contributed by atoms with Gasteiger partial charge in [-0.05, 0) is 55.6 Å². The first-order valence-corrected chi connectivity index (χ1v) is 8.36. The summed E-state index contributed by atoms with van der Waals surface area (Å²) in [5, 5.41) is 0. The van der Waals surface area contributed by atoms with Crippen LogP contribution in [-0.4, -0.2) is 5.78 Å². The Morgan fingerprint density at radius 1 is 1.00 bits per heavy atom. The molecule has 0 spiro atoms. The molecule has 0 atom stereocenters. The number of ketones is 1. The molecule has 0 unspecified atom stereocenters. The summed E-state index contributed by atoms with van der Waals surface area (Å²) in [5.74, 6) is 1.53. The van der Waals surface area contributed by atoms with E-state index in [0.29, 0.717) is 17.6 Å². The zero-order valence-corrected chi connectivity index (χ0v) is 13.0. The Morgan fingerprint density at radius 3 is 2.20 bits per heavy atom. The van der Waals surface area contributed by atoms with Crippen LogP contribution in [0.15, 0.2) is 24.3 Å². The molecule has 0 radical (unpaired) electrons. The van der Waals surface area contributed by atoms with Gasteiger partial charge in [0.25, 0.3) is 0 Å². The van der Waals surface area contributed by atoms with Crippen molar-refractivity contribution in [2.24, 2.45) is 5.92 Å². The monoisotopic (exact) mass is 272 g/mol. The van der Waals surface area contributed by atoms with Crippen LogP contribution in [0.3, 0.4) is 0 Å². The van der Waals surface area contributed by atoms with Gasteiger partial charge in [-0.15, -0.1) is 0 Å². The molecular weight excluding hydrogens is 244 g/mol. The maximum absolute atomic E-state index is 12.0. The van der Waals surface area contributed by atoms with Gasteiger partial charge in [0.15, 0.2) is 0 Å². The molecule has 110 valence electrons. The van der Waals surface area contributed by atoms with Crippen molar-refractivity contribution in [3.8, 4) is 0 Å². The lowest BCUT2D eigenvalue weighted by atomic mass is 9.76. The van der Waals surface area contributed by atoms with Crippen LogP contribution in [0.1, 0.15) is 75.8 Å². The minimum atomic E-state index is 0.352. The SMILES string of the molecule is CCCC(=O)C1CCC(c2ccc(CCC)cc2)CC1. The minimum Gasteiger partial charge on any atom is -0.299 e. The van der Waals surface area contributed by atoms with Gasteiger partial charge in [-0.25, -0.2) is 0 Å². The molecular formula is C19H28O. The Balaban J connectivity index is 1.88. The van der Waals surface area contributed by atoms with Crippen LogP contribution in [0.5, 0.6) is 0 Å². The first-order valence-electron chi connectivity index (χ1n) is 8.36. The zero-order valence-electron chi connectivity index (χ0n) is 13.0. The smallest absolute Gasteiger partial charge is 0.135 e. The van der Waals surface area contributed by atoms with E-state index >= 15 is 0 Å². The van der Waals surface area contributed by atoms with Crippen molar-refractivity contribution in [3.63, 3.8) is 0 Å². The zero-order chi connectivity index (χ0) is 14.4. The van der Waals surface area contributed by atoms with Crippen LogP contribution in [0, 0.1) is 5.92 Å². The van der Waals surface area contributed by atoms with Crippen LogP contribution in [0.4, 0.5) is 0 Å². The molecule has 1 nitrogen and oxygen atoms in total. The van der Waals surface area contributed by atoms with E-state index in [1.807, 2.05) is 0 Å². The third kappa shape index (κ3) is 3.94. The van der Waals surface area contributed by atoms with E-state index in [4.69, 9.17) is 0 Å². The topological polar surface area (TPSA) is 17.1 Å². The van der Waals surface area contributed by atoms with Crippen LogP contribution in [0.2, 0.25) is 0 Å². The Morgan fingerprint density at radius 2 is 1.65 bits per heavy atom. The minimum absolute atomic E-state index is 0.352. The molecule has 20 heavy (non-hydrogen) atoms. The van der Waals surface area contributed by atoms with Gasteiger partial charge in [0.2, 0.25) is 0 Å². The van der Waals surface area contributed by atoms with E-state index in [9.17, 15) is 4.79 Å². The summed E-state index contributed by atoms with van der Waals surface area (Å²) in [6.07, 6.45) is 8.74. The molecule has 1 saturated carbocycles. The highest BCUT2D eigenvalue weighted by Gasteiger charge is 2.26. The Bertz CT molecular complexity index is 410. The number of benzene rings is 1. The second-order valence-electron chi connectivity index (χ2n) is 6.26. The van der Waals surface area contributed by atoms with Crippen molar-refractivity contribution >= 4 is 5.78 Å². The molecule has 0 N–H and O–H groups in total. The van der Waals surface area contributed by atoms with E-state index < -0.39 is 0 Å². The molecule has 1 aliphatic rings. The summed E-state index contributed by atoms with van der Waals surface area (Å²) in [5.41, 5.74) is 2.93. The summed E-state index contributed by atoms with van der Waals surface area (Å²) in [6, 6.07) is 9.19. The van der Waals surface area contributed by atoms with Gasteiger partial charge in [0, 0.05) is 12.3 Å². The van der Waals surface area contributed by atoms with E-state index in [-0.39, 0.29) is 0 Å². The lowest BCUT2D eigenvalue weighted by molar-refractivity contribution is -0.123. The predicted octanol–water partition coefficient (Wildman–Crippen LogP) is 5.28. The first kappa shape index (κ1) is 15.3. The second kappa shape index (κ2) is 7.61. The van der Waals surface area contributed by atoms with Crippen LogP contribution in [0.25, 0.3) is 0 Å². The highest BCUT2D eigenvalue weighted by atomic mass is 16.1. The Hall–Kier alpha value is -1.11. The molecule has 0 aromatic heterocycles. The summed E-state index contributed by atoms with van der Waals surface area (Å²) in [6.45, 7) is 4.32. The predicted molar refractivity (Wildman–Crippen MR) is 85.1 cm³/mol. The maximum Gasteiger partial charge on any atom is 0.135 e. The highest BCUT2D eigenvalue weighted by Crippen LogP contribution is 2.36. The van der Waals surface area contributed by atoms with E-state index in [1.54, 1.807) is 0 Å². The summed E-state index contributed by atoms with van der Waals surface area (Å²) in [7, 11) is 0. The third-order valence-corrected chi connectivity index (χ3v) is 4.67. The molecule has 2 rings (SSSR count).